The molecule has 0 aromatic carbocycles. The Hall–Kier alpha value is -0.760. The fourth-order valence-electron chi connectivity index (χ4n) is 3.08. The van der Waals surface area contributed by atoms with Crippen LogP contribution in [-0.2, 0) is 23.7 Å². The zero-order chi connectivity index (χ0) is 24.1. The van der Waals surface area contributed by atoms with Crippen molar-refractivity contribution in [2.75, 3.05) is 13.2 Å². The van der Waals surface area contributed by atoms with Gasteiger partial charge >= 0.3 is 7.60 Å². The molecule has 0 spiro atoms. The summed E-state index contributed by atoms with van der Waals surface area (Å²) in [5.41, 5.74) is 3.61. The molecule has 0 aromatic rings. The molecule has 2 unspecified atom stereocenters. The zero-order valence-corrected chi connectivity index (χ0v) is 21.5. The number of hydrogen-bond donors (Lipinski definition) is 2. The summed E-state index contributed by atoms with van der Waals surface area (Å²) in [6.07, 6.45) is 8.58. The topological polar surface area (TPSA) is 110 Å². The molecule has 0 saturated carbocycles. The van der Waals surface area contributed by atoms with Crippen LogP contribution in [0.25, 0.3) is 0 Å². The fraction of sp³-hybridized carbons (Fsp3) is 0.727. The van der Waals surface area contributed by atoms with Gasteiger partial charge in [-0.1, -0.05) is 34.9 Å². The Morgan fingerprint density at radius 1 is 0.935 bits per heavy atom. The van der Waals surface area contributed by atoms with E-state index in [1.54, 1.807) is 19.9 Å². The van der Waals surface area contributed by atoms with Gasteiger partial charge in [0, 0.05) is 0 Å². The summed E-state index contributed by atoms with van der Waals surface area (Å²) in [5.74, 6) is 0. The van der Waals surface area contributed by atoms with Crippen LogP contribution in [0.1, 0.15) is 80.1 Å². The van der Waals surface area contributed by atoms with E-state index < -0.39 is 28.8 Å². The highest BCUT2D eigenvalue weighted by Crippen LogP contribution is 2.56. The molecule has 0 heterocycles. The molecule has 0 aromatic heterocycles. The van der Waals surface area contributed by atoms with E-state index in [1.807, 2.05) is 6.92 Å². The van der Waals surface area contributed by atoms with E-state index in [4.69, 9.17) is 9.05 Å². The molecule has 0 aliphatic rings. The second kappa shape index (κ2) is 15.1. The number of aliphatic hydroxyl groups excluding tert-OH is 1. The van der Waals surface area contributed by atoms with Gasteiger partial charge in [-0.15, -0.1) is 0 Å². The molecule has 0 bridgehead atoms. The van der Waals surface area contributed by atoms with Crippen molar-refractivity contribution in [1.82, 2.24) is 0 Å². The molecule has 0 radical (unpaired) electrons. The highest BCUT2D eigenvalue weighted by atomic mass is 32.2. The van der Waals surface area contributed by atoms with E-state index in [0.717, 1.165) is 31.3 Å². The monoisotopic (exact) mass is 480 g/mol. The van der Waals surface area contributed by atoms with Crippen LogP contribution in [0, 0.1) is 0 Å². The predicted octanol–water partition coefficient (Wildman–Crippen LogP) is 6.03. The van der Waals surface area contributed by atoms with Crippen LogP contribution in [-0.4, -0.2) is 42.4 Å². The van der Waals surface area contributed by atoms with Crippen molar-refractivity contribution in [3.8, 4) is 0 Å². The van der Waals surface area contributed by atoms with Crippen molar-refractivity contribution in [2.45, 2.75) is 91.2 Å². The molecule has 0 rings (SSSR count). The van der Waals surface area contributed by atoms with Gasteiger partial charge in [-0.2, -0.15) is 8.42 Å². The summed E-state index contributed by atoms with van der Waals surface area (Å²) < 4.78 is 56.1. The number of rotatable bonds is 16. The first kappa shape index (κ1) is 30.2. The van der Waals surface area contributed by atoms with Gasteiger partial charge in [0.1, 0.15) is 0 Å². The van der Waals surface area contributed by atoms with Crippen LogP contribution >= 0.6 is 7.60 Å². The Labute approximate surface area is 188 Å². The van der Waals surface area contributed by atoms with E-state index in [0.29, 0.717) is 0 Å². The lowest BCUT2D eigenvalue weighted by Crippen LogP contribution is -2.25. The van der Waals surface area contributed by atoms with Gasteiger partial charge in [-0.3, -0.25) is 9.12 Å². The van der Waals surface area contributed by atoms with E-state index in [2.05, 4.69) is 32.9 Å². The van der Waals surface area contributed by atoms with Gasteiger partial charge in [0.15, 0.2) is 4.99 Å². The third-order valence-corrected chi connectivity index (χ3v) is 9.32. The second-order valence-corrected chi connectivity index (χ2v) is 12.1. The summed E-state index contributed by atoms with van der Waals surface area (Å²) in [6.45, 7) is 11.3. The molecule has 0 fully saturated rings. The maximum Gasteiger partial charge on any atom is 0.351 e. The molecular weight excluding hydrogens is 439 g/mol. The van der Waals surface area contributed by atoms with Gasteiger partial charge in [-0.05, 0) is 80.1 Å². The van der Waals surface area contributed by atoms with Crippen LogP contribution in [0.4, 0.5) is 0 Å². The number of allylic oxidation sites excluding steroid dienone is 5. The summed E-state index contributed by atoms with van der Waals surface area (Å²) >= 11 is 0. The zero-order valence-electron chi connectivity index (χ0n) is 19.8. The third-order valence-electron chi connectivity index (χ3n) is 4.62. The Bertz CT molecular complexity index is 755. The smallest absolute Gasteiger partial charge is 0.351 e. The minimum absolute atomic E-state index is 0.00348. The van der Waals surface area contributed by atoms with Gasteiger partial charge in [0.2, 0.25) is 0 Å². The average molecular weight is 481 g/mol. The van der Waals surface area contributed by atoms with Crippen molar-refractivity contribution in [1.29, 1.82) is 0 Å². The summed E-state index contributed by atoms with van der Waals surface area (Å²) in [6, 6.07) is 0. The molecule has 182 valence electrons. The highest BCUT2D eigenvalue weighted by molar-refractivity contribution is 7.94. The Morgan fingerprint density at radius 2 is 1.45 bits per heavy atom. The van der Waals surface area contributed by atoms with Gasteiger partial charge in [0.05, 0.1) is 19.3 Å². The normalized spacial score (nSPS) is 15.6. The molecule has 0 aliphatic carbocycles. The second-order valence-electron chi connectivity index (χ2n) is 7.91. The minimum Gasteiger partial charge on any atom is -0.389 e. The molecule has 0 aliphatic heterocycles. The number of aliphatic hydroxyl groups is 1. The van der Waals surface area contributed by atoms with Crippen molar-refractivity contribution in [2.24, 2.45) is 0 Å². The molecule has 7 nitrogen and oxygen atoms in total. The first-order valence-electron chi connectivity index (χ1n) is 10.8. The molecular formula is C22H41O7PS. The van der Waals surface area contributed by atoms with Crippen LogP contribution in [0.2, 0.25) is 0 Å². The third kappa shape index (κ3) is 13.4. The molecule has 0 amide bonds. The maximum absolute atomic E-state index is 12.8. The quantitative estimate of drug-likeness (QED) is 0.158. The van der Waals surface area contributed by atoms with Gasteiger partial charge in [-0.25, -0.2) is 0 Å². The maximum atomic E-state index is 12.8. The number of hydrogen-bond acceptors (Lipinski definition) is 6. The van der Waals surface area contributed by atoms with Crippen molar-refractivity contribution < 1.29 is 31.7 Å². The standard InChI is InChI=1S/C22H41O7PS/c1-7-28-30(24,29-8-2)22(31(25,26)27)16-15-21(23)17-20(6)14-10-13-19(5)12-9-11-18(3)4/h11,13,17,21-23H,7-10,12,14-16H2,1-6H3,(H,25,26,27)/b19-13+,20-17+. The Kier molecular flexibility index (Phi) is 14.8. The van der Waals surface area contributed by atoms with Crippen molar-refractivity contribution in [3.05, 3.63) is 34.9 Å². The highest BCUT2D eigenvalue weighted by Gasteiger charge is 2.44. The van der Waals surface area contributed by atoms with Crippen LogP contribution in [0.3, 0.4) is 0 Å². The van der Waals surface area contributed by atoms with Crippen molar-refractivity contribution >= 4 is 17.7 Å². The fourth-order valence-corrected chi connectivity index (χ4v) is 6.78. The van der Waals surface area contributed by atoms with Crippen LogP contribution in [0.15, 0.2) is 34.9 Å². The van der Waals surface area contributed by atoms with Crippen LogP contribution < -0.4 is 0 Å². The van der Waals surface area contributed by atoms with Gasteiger partial charge < -0.3 is 14.2 Å². The summed E-state index contributed by atoms with van der Waals surface area (Å²) in [4.78, 5) is -1.73. The van der Waals surface area contributed by atoms with Crippen LogP contribution in [0.5, 0.6) is 0 Å². The Morgan fingerprint density at radius 3 is 1.94 bits per heavy atom. The average Bonchev–Trinajstić information content (AvgIpc) is 2.60. The minimum atomic E-state index is -4.68. The van der Waals surface area contributed by atoms with E-state index >= 15 is 0 Å². The molecule has 2 atom stereocenters. The molecule has 31 heavy (non-hydrogen) atoms. The molecule has 2 N–H and O–H groups in total. The van der Waals surface area contributed by atoms with E-state index in [-0.39, 0.29) is 26.1 Å². The van der Waals surface area contributed by atoms with E-state index in [1.165, 1.54) is 11.1 Å². The lowest BCUT2D eigenvalue weighted by molar-refractivity contribution is 0.199. The SMILES string of the molecule is CCOP(=O)(OCC)C(CCC(O)/C=C(\C)CC/C=C(\C)CCC=C(C)C)S(=O)(=O)O. The molecule has 9 heteroatoms. The molecule has 0 saturated heterocycles. The summed E-state index contributed by atoms with van der Waals surface area (Å²) in [7, 11) is -8.75. The van der Waals surface area contributed by atoms with Crippen molar-refractivity contribution in [3.63, 3.8) is 0 Å². The first-order chi connectivity index (χ1) is 14.4. The van der Waals surface area contributed by atoms with Gasteiger partial charge in [0.25, 0.3) is 10.1 Å². The predicted molar refractivity (Wildman–Crippen MR) is 127 cm³/mol. The lowest BCUT2D eigenvalue weighted by Gasteiger charge is -2.24. The largest absolute Gasteiger partial charge is 0.389 e. The Balaban J connectivity index is 4.89. The summed E-state index contributed by atoms with van der Waals surface area (Å²) in [5, 5.41) is 10.3. The first-order valence-corrected chi connectivity index (χ1v) is 14.0. The van der Waals surface area contributed by atoms with E-state index in [9.17, 15) is 22.6 Å². The lowest BCUT2D eigenvalue weighted by atomic mass is 10.0.